The molecule has 0 unspecified atom stereocenters. The summed E-state index contributed by atoms with van der Waals surface area (Å²) < 4.78 is 16.9. The van der Waals surface area contributed by atoms with E-state index in [1.165, 1.54) is 7.05 Å². The lowest BCUT2D eigenvalue weighted by Gasteiger charge is -2.09. The van der Waals surface area contributed by atoms with Crippen LogP contribution in [0.5, 0.6) is 11.5 Å². The number of aromatic nitrogens is 2. The molecule has 0 bridgehead atoms. The highest BCUT2D eigenvalue weighted by Crippen LogP contribution is 2.17. The number of hydrogen-bond donors (Lipinski definition) is 0. The maximum atomic E-state index is 12.3. The molecule has 0 saturated heterocycles. The van der Waals surface area contributed by atoms with E-state index in [-0.39, 0.29) is 24.5 Å². The number of rotatable bonds is 6. The molecule has 1 aromatic heterocycles. The second-order valence-electron chi connectivity index (χ2n) is 5.48. The van der Waals surface area contributed by atoms with Gasteiger partial charge in [-0.15, -0.1) is 0 Å². The highest BCUT2D eigenvalue weighted by Gasteiger charge is 2.16. The predicted octanol–water partition coefficient (Wildman–Crippen LogP) is 2.18. The van der Waals surface area contributed by atoms with Gasteiger partial charge < -0.3 is 14.2 Å². The van der Waals surface area contributed by atoms with Crippen LogP contribution in [0.15, 0.2) is 53.3 Å². The minimum Gasteiger partial charge on any atom is -0.497 e. The van der Waals surface area contributed by atoms with Gasteiger partial charge in [-0.05, 0) is 30.3 Å². The maximum Gasteiger partial charge on any atom is 0.359 e. The van der Waals surface area contributed by atoms with E-state index >= 15 is 0 Å². The molecule has 0 fully saturated rings. The van der Waals surface area contributed by atoms with Crippen molar-refractivity contribution in [3.05, 3.63) is 64.6 Å². The first kappa shape index (κ1) is 17.5. The highest BCUT2D eigenvalue weighted by atomic mass is 16.6. The zero-order valence-corrected chi connectivity index (χ0v) is 14.5. The van der Waals surface area contributed by atoms with Gasteiger partial charge in [-0.2, -0.15) is 5.10 Å². The van der Waals surface area contributed by atoms with Crippen molar-refractivity contribution in [2.45, 2.75) is 0 Å². The van der Waals surface area contributed by atoms with Crippen LogP contribution in [-0.4, -0.2) is 36.1 Å². The monoisotopic (exact) mass is 354 g/mol. The Morgan fingerprint density at radius 3 is 2.35 bits per heavy atom. The van der Waals surface area contributed by atoms with Crippen molar-refractivity contribution in [1.29, 1.82) is 0 Å². The molecule has 0 aliphatic carbocycles. The summed E-state index contributed by atoms with van der Waals surface area (Å²) in [6, 6.07) is 13.9. The van der Waals surface area contributed by atoms with Gasteiger partial charge in [-0.1, -0.05) is 18.2 Å². The van der Waals surface area contributed by atoms with Gasteiger partial charge in [0.15, 0.2) is 5.69 Å². The van der Waals surface area contributed by atoms with E-state index in [4.69, 9.17) is 14.2 Å². The molecule has 0 atom stereocenters. The summed E-state index contributed by atoms with van der Waals surface area (Å²) in [6.07, 6.45) is 0. The second-order valence-corrected chi connectivity index (χ2v) is 5.48. The molecule has 0 amide bonds. The van der Waals surface area contributed by atoms with E-state index in [2.05, 4.69) is 5.10 Å². The number of methoxy groups -OCH3 is 1. The van der Waals surface area contributed by atoms with Gasteiger partial charge in [0.05, 0.1) is 12.5 Å². The Morgan fingerprint density at radius 1 is 1.00 bits per heavy atom. The Kier molecular flexibility index (Phi) is 5.17. The number of esters is 1. The van der Waals surface area contributed by atoms with E-state index < -0.39 is 5.97 Å². The molecule has 0 radical (unpaired) electrons. The van der Waals surface area contributed by atoms with Gasteiger partial charge in [0.25, 0.3) is 5.56 Å². The topological polar surface area (TPSA) is 79.7 Å². The van der Waals surface area contributed by atoms with Gasteiger partial charge in [0, 0.05) is 12.4 Å². The van der Waals surface area contributed by atoms with Gasteiger partial charge in [-0.3, -0.25) is 4.79 Å². The number of hydrogen-bond acceptors (Lipinski definition) is 6. The minimum absolute atomic E-state index is 0.0592. The number of carbonyl (C=O) groups is 1. The van der Waals surface area contributed by atoms with Crippen LogP contribution < -0.4 is 15.0 Å². The summed E-state index contributed by atoms with van der Waals surface area (Å²) in [5.41, 5.74) is -0.160. The molecule has 2 aromatic carbocycles. The second kappa shape index (κ2) is 7.69. The first-order chi connectivity index (χ1) is 12.6. The summed E-state index contributed by atoms with van der Waals surface area (Å²) in [7, 11) is 3.09. The predicted molar refractivity (Wildman–Crippen MR) is 95.8 cm³/mol. The molecule has 7 nitrogen and oxygen atoms in total. The maximum absolute atomic E-state index is 12.3. The normalized spacial score (nSPS) is 10.5. The summed E-state index contributed by atoms with van der Waals surface area (Å²) in [4.78, 5) is 24.4. The Labute approximate surface area is 149 Å². The smallest absolute Gasteiger partial charge is 0.359 e. The number of benzene rings is 2. The molecular weight excluding hydrogens is 336 g/mol. The van der Waals surface area contributed by atoms with E-state index in [0.717, 1.165) is 10.4 Å². The Hall–Kier alpha value is -3.35. The fourth-order valence-electron chi connectivity index (χ4n) is 2.48. The first-order valence-corrected chi connectivity index (χ1v) is 8.00. The molecule has 1 heterocycles. The Morgan fingerprint density at radius 2 is 1.65 bits per heavy atom. The number of aryl methyl sites for hydroxylation is 1. The van der Waals surface area contributed by atoms with Crippen LogP contribution >= 0.6 is 0 Å². The number of nitrogens with zero attached hydrogens (tertiary/aromatic N) is 2. The van der Waals surface area contributed by atoms with Crippen molar-refractivity contribution in [3.63, 3.8) is 0 Å². The van der Waals surface area contributed by atoms with E-state index in [0.29, 0.717) is 16.5 Å². The lowest BCUT2D eigenvalue weighted by atomic mass is 10.1. The average Bonchev–Trinajstić information content (AvgIpc) is 2.68. The van der Waals surface area contributed by atoms with Crippen LogP contribution in [0, 0.1) is 0 Å². The molecule has 26 heavy (non-hydrogen) atoms. The van der Waals surface area contributed by atoms with Crippen LogP contribution in [0.2, 0.25) is 0 Å². The third kappa shape index (κ3) is 3.66. The van der Waals surface area contributed by atoms with Crippen molar-refractivity contribution < 1.29 is 19.0 Å². The zero-order chi connectivity index (χ0) is 18.5. The summed E-state index contributed by atoms with van der Waals surface area (Å²) in [6.45, 7) is 0.255. The summed E-state index contributed by atoms with van der Waals surface area (Å²) in [5.74, 6) is 0.777. The molecule has 3 rings (SSSR count). The van der Waals surface area contributed by atoms with Crippen LogP contribution in [0.25, 0.3) is 10.8 Å². The first-order valence-electron chi connectivity index (χ1n) is 8.00. The number of fused-ring (bicyclic) bond motifs is 1. The van der Waals surface area contributed by atoms with Gasteiger partial charge in [-0.25, -0.2) is 9.48 Å². The van der Waals surface area contributed by atoms with Crippen molar-refractivity contribution in [2.75, 3.05) is 20.3 Å². The van der Waals surface area contributed by atoms with E-state index in [1.807, 2.05) is 0 Å². The quantitative estimate of drug-likeness (QED) is 0.499. The highest BCUT2D eigenvalue weighted by molar-refractivity contribution is 6.02. The van der Waals surface area contributed by atoms with E-state index in [1.54, 1.807) is 55.6 Å². The SMILES string of the molecule is COc1ccc(OCCOC(=O)c2nn(C)c(=O)c3ccccc23)cc1. The molecule has 0 saturated carbocycles. The molecule has 3 aromatic rings. The molecule has 0 aliphatic heterocycles. The average molecular weight is 354 g/mol. The molecule has 0 aliphatic rings. The van der Waals surface area contributed by atoms with Crippen LogP contribution in [0.1, 0.15) is 10.5 Å². The zero-order valence-electron chi connectivity index (χ0n) is 14.5. The summed E-state index contributed by atoms with van der Waals surface area (Å²) in [5, 5.41) is 4.92. The molecule has 7 heteroatoms. The third-order valence-electron chi connectivity index (χ3n) is 3.79. The molecule has 0 spiro atoms. The molecule has 134 valence electrons. The standard InChI is InChI=1S/C19H18N2O5/c1-21-18(22)16-6-4-3-5-15(16)17(20-21)19(23)26-12-11-25-14-9-7-13(24-2)8-10-14/h3-10H,11-12H2,1-2H3. The van der Waals surface area contributed by atoms with E-state index in [9.17, 15) is 9.59 Å². The molecule has 0 N–H and O–H groups in total. The summed E-state index contributed by atoms with van der Waals surface area (Å²) >= 11 is 0. The van der Waals surface area contributed by atoms with Gasteiger partial charge >= 0.3 is 5.97 Å². The van der Waals surface area contributed by atoms with Crippen LogP contribution in [0.4, 0.5) is 0 Å². The number of carbonyl (C=O) groups excluding carboxylic acids is 1. The number of ether oxygens (including phenoxy) is 3. The minimum atomic E-state index is -0.602. The fraction of sp³-hybridized carbons (Fsp3) is 0.211. The lowest BCUT2D eigenvalue weighted by Crippen LogP contribution is -2.24. The van der Waals surface area contributed by atoms with Crippen molar-refractivity contribution >= 4 is 16.7 Å². The Balaban J connectivity index is 1.64. The fourth-order valence-corrected chi connectivity index (χ4v) is 2.48. The van der Waals surface area contributed by atoms with Gasteiger partial charge in [0.1, 0.15) is 24.7 Å². The van der Waals surface area contributed by atoms with Crippen molar-refractivity contribution in [2.24, 2.45) is 7.05 Å². The Bertz CT molecular complexity index is 979. The van der Waals surface area contributed by atoms with Gasteiger partial charge in [0.2, 0.25) is 0 Å². The van der Waals surface area contributed by atoms with Crippen molar-refractivity contribution in [3.8, 4) is 11.5 Å². The lowest BCUT2D eigenvalue weighted by molar-refractivity contribution is 0.0443. The molecular formula is C19H18N2O5. The largest absolute Gasteiger partial charge is 0.497 e. The van der Waals surface area contributed by atoms with Crippen molar-refractivity contribution in [1.82, 2.24) is 9.78 Å². The van der Waals surface area contributed by atoms with Crippen LogP contribution in [-0.2, 0) is 11.8 Å². The third-order valence-corrected chi connectivity index (χ3v) is 3.79. The van der Waals surface area contributed by atoms with Crippen LogP contribution in [0.3, 0.4) is 0 Å².